The lowest BCUT2D eigenvalue weighted by Crippen LogP contribution is -2.12. The molecule has 2 heterocycles. The number of carboxylic acid groups (broad SMARTS) is 1. The lowest BCUT2D eigenvalue weighted by Gasteiger charge is -1.96. The largest absolute Gasteiger partial charge is 0.476 e. The van der Waals surface area contributed by atoms with Gasteiger partial charge in [-0.05, 0) is 6.92 Å². The summed E-state index contributed by atoms with van der Waals surface area (Å²) in [5, 5.41) is 14.9. The molecule has 0 aliphatic heterocycles. The Morgan fingerprint density at radius 3 is 2.59 bits per heavy atom. The highest BCUT2D eigenvalue weighted by molar-refractivity contribution is 7.14. The molecule has 0 aliphatic carbocycles. The van der Waals surface area contributed by atoms with Crippen LogP contribution >= 0.6 is 22.7 Å². The molecule has 0 unspecified atom stereocenters. The Morgan fingerprint density at radius 2 is 2.06 bits per heavy atom. The van der Waals surface area contributed by atoms with Crippen LogP contribution < -0.4 is 5.32 Å². The first kappa shape index (κ1) is 11.7. The van der Waals surface area contributed by atoms with Gasteiger partial charge in [-0.25, -0.2) is 14.8 Å². The van der Waals surface area contributed by atoms with Crippen molar-refractivity contribution < 1.29 is 14.7 Å². The van der Waals surface area contributed by atoms with Crippen LogP contribution in [-0.2, 0) is 0 Å². The molecule has 2 aromatic rings. The summed E-state index contributed by atoms with van der Waals surface area (Å²) in [7, 11) is 0. The molecule has 0 fully saturated rings. The number of aromatic nitrogens is 2. The quantitative estimate of drug-likeness (QED) is 0.887. The Labute approximate surface area is 104 Å². The van der Waals surface area contributed by atoms with Crippen molar-refractivity contribution in [2.24, 2.45) is 0 Å². The van der Waals surface area contributed by atoms with E-state index in [1.165, 1.54) is 16.7 Å². The van der Waals surface area contributed by atoms with Gasteiger partial charge in [0.25, 0.3) is 5.91 Å². The lowest BCUT2D eigenvalue weighted by molar-refractivity contribution is 0.0691. The van der Waals surface area contributed by atoms with Gasteiger partial charge in [-0.3, -0.25) is 10.1 Å². The molecule has 0 saturated carbocycles. The van der Waals surface area contributed by atoms with Gasteiger partial charge in [0.15, 0.2) is 15.8 Å². The van der Waals surface area contributed by atoms with Gasteiger partial charge in [-0.2, -0.15) is 0 Å². The average Bonchev–Trinajstić information content (AvgIpc) is 2.86. The molecule has 0 bridgehead atoms. The van der Waals surface area contributed by atoms with Crippen LogP contribution in [0.4, 0.5) is 5.13 Å². The summed E-state index contributed by atoms with van der Waals surface area (Å²) >= 11 is 2.29. The molecular weight excluding hydrogens is 262 g/mol. The SMILES string of the molecule is Cc1csc(NC(=O)c2nc(C(=O)O)cs2)n1. The Hall–Kier alpha value is -1.80. The number of hydrogen-bond donors (Lipinski definition) is 2. The van der Waals surface area contributed by atoms with E-state index in [2.05, 4.69) is 15.3 Å². The van der Waals surface area contributed by atoms with Crippen molar-refractivity contribution in [1.82, 2.24) is 9.97 Å². The highest BCUT2D eigenvalue weighted by Crippen LogP contribution is 2.17. The van der Waals surface area contributed by atoms with Gasteiger partial charge in [0, 0.05) is 10.8 Å². The van der Waals surface area contributed by atoms with Crippen molar-refractivity contribution >= 4 is 39.7 Å². The number of nitrogens with one attached hydrogen (secondary N) is 1. The minimum Gasteiger partial charge on any atom is -0.476 e. The van der Waals surface area contributed by atoms with Crippen LogP contribution in [0.2, 0.25) is 0 Å². The van der Waals surface area contributed by atoms with Crippen LogP contribution in [0.1, 0.15) is 26.0 Å². The monoisotopic (exact) mass is 269 g/mol. The second-order valence-corrected chi connectivity index (χ2v) is 4.81. The number of hydrogen-bond acceptors (Lipinski definition) is 6. The third-order valence-electron chi connectivity index (χ3n) is 1.76. The van der Waals surface area contributed by atoms with Gasteiger partial charge in [0.1, 0.15) is 0 Å². The number of rotatable bonds is 3. The predicted octanol–water partition coefficient (Wildman–Crippen LogP) is 1.86. The first-order valence-corrected chi connectivity index (χ1v) is 6.24. The maximum Gasteiger partial charge on any atom is 0.355 e. The molecule has 2 aromatic heterocycles. The third kappa shape index (κ3) is 2.66. The summed E-state index contributed by atoms with van der Waals surface area (Å²) in [6.07, 6.45) is 0. The molecule has 17 heavy (non-hydrogen) atoms. The fourth-order valence-corrected chi connectivity index (χ4v) is 2.41. The van der Waals surface area contributed by atoms with E-state index in [0.29, 0.717) is 5.13 Å². The van der Waals surface area contributed by atoms with Gasteiger partial charge in [-0.1, -0.05) is 0 Å². The zero-order chi connectivity index (χ0) is 12.4. The van der Waals surface area contributed by atoms with E-state index in [-0.39, 0.29) is 10.7 Å². The van der Waals surface area contributed by atoms with Gasteiger partial charge in [-0.15, -0.1) is 22.7 Å². The standard InChI is InChI=1S/C9H7N3O3S2/c1-4-2-17-9(10-4)12-6(13)7-11-5(3-16-7)8(14)15/h2-3H,1H3,(H,14,15)(H,10,12,13). The molecule has 2 rings (SSSR count). The number of aromatic carboxylic acids is 1. The zero-order valence-electron chi connectivity index (χ0n) is 8.63. The summed E-state index contributed by atoms with van der Waals surface area (Å²) < 4.78 is 0. The summed E-state index contributed by atoms with van der Waals surface area (Å²) in [4.78, 5) is 30.0. The second-order valence-electron chi connectivity index (χ2n) is 3.09. The Kier molecular flexibility index (Phi) is 3.16. The molecule has 8 heteroatoms. The molecule has 0 saturated heterocycles. The smallest absolute Gasteiger partial charge is 0.355 e. The van der Waals surface area contributed by atoms with E-state index >= 15 is 0 Å². The van der Waals surface area contributed by atoms with Crippen LogP contribution in [0.15, 0.2) is 10.8 Å². The number of amides is 1. The summed E-state index contributed by atoms with van der Waals surface area (Å²) in [6.45, 7) is 1.82. The predicted molar refractivity (Wildman–Crippen MR) is 63.9 cm³/mol. The van der Waals surface area contributed by atoms with E-state index < -0.39 is 11.9 Å². The Morgan fingerprint density at radius 1 is 1.29 bits per heavy atom. The fourth-order valence-electron chi connectivity index (χ4n) is 1.04. The van der Waals surface area contributed by atoms with Crippen molar-refractivity contribution in [2.45, 2.75) is 6.92 Å². The van der Waals surface area contributed by atoms with Crippen molar-refractivity contribution in [1.29, 1.82) is 0 Å². The Bertz CT molecular complexity index is 576. The first-order chi connectivity index (χ1) is 8.06. The number of carboxylic acids is 1. The molecular formula is C9H7N3O3S2. The molecule has 0 atom stereocenters. The van der Waals surface area contributed by atoms with E-state index in [9.17, 15) is 9.59 Å². The minimum absolute atomic E-state index is 0.107. The molecule has 88 valence electrons. The molecule has 0 aromatic carbocycles. The van der Waals surface area contributed by atoms with Crippen LogP contribution in [-0.4, -0.2) is 27.0 Å². The van der Waals surface area contributed by atoms with Crippen molar-refractivity contribution in [3.8, 4) is 0 Å². The molecule has 0 aliphatic rings. The third-order valence-corrected chi connectivity index (χ3v) is 3.47. The molecule has 1 amide bonds. The number of carbonyl (C=O) groups excluding carboxylic acids is 1. The molecule has 0 spiro atoms. The molecule has 6 nitrogen and oxygen atoms in total. The number of thiazole rings is 2. The maximum atomic E-state index is 11.7. The second kappa shape index (κ2) is 4.60. The van der Waals surface area contributed by atoms with Gasteiger partial charge in [0.05, 0.1) is 5.69 Å². The topological polar surface area (TPSA) is 92.2 Å². The van der Waals surface area contributed by atoms with E-state index in [4.69, 9.17) is 5.11 Å². The van der Waals surface area contributed by atoms with Crippen LogP contribution in [0.5, 0.6) is 0 Å². The number of carbonyl (C=O) groups is 2. The van der Waals surface area contributed by atoms with E-state index in [1.807, 2.05) is 6.92 Å². The van der Waals surface area contributed by atoms with E-state index in [0.717, 1.165) is 17.0 Å². The first-order valence-electron chi connectivity index (χ1n) is 4.48. The maximum absolute atomic E-state index is 11.7. The van der Waals surface area contributed by atoms with Crippen molar-refractivity contribution in [2.75, 3.05) is 5.32 Å². The number of anilines is 1. The average molecular weight is 269 g/mol. The Balaban J connectivity index is 2.11. The van der Waals surface area contributed by atoms with Crippen molar-refractivity contribution in [3.63, 3.8) is 0 Å². The normalized spacial score (nSPS) is 10.2. The highest BCUT2D eigenvalue weighted by atomic mass is 32.1. The van der Waals surface area contributed by atoms with Gasteiger partial charge < -0.3 is 5.11 Å². The van der Waals surface area contributed by atoms with Gasteiger partial charge >= 0.3 is 5.97 Å². The zero-order valence-corrected chi connectivity index (χ0v) is 10.3. The lowest BCUT2D eigenvalue weighted by atomic mass is 10.5. The summed E-state index contributed by atoms with van der Waals surface area (Å²) in [5.74, 6) is -1.60. The number of aryl methyl sites for hydroxylation is 1. The van der Waals surface area contributed by atoms with Crippen LogP contribution in [0.25, 0.3) is 0 Å². The summed E-state index contributed by atoms with van der Waals surface area (Å²) in [5.41, 5.74) is 0.686. The highest BCUT2D eigenvalue weighted by Gasteiger charge is 2.15. The van der Waals surface area contributed by atoms with E-state index in [1.54, 1.807) is 5.38 Å². The fraction of sp³-hybridized carbons (Fsp3) is 0.111. The van der Waals surface area contributed by atoms with Crippen molar-refractivity contribution in [3.05, 3.63) is 27.2 Å². The summed E-state index contributed by atoms with van der Waals surface area (Å²) in [6, 6.07) is 0. The van der Waals surface area contributed by atoms with Crippen LogP contribution in [0, 0.1) is 6.92 Å². The van der Waals surface area contributed by atoms with Crippen LogP contribution in [0.3, 0.4) is 0 Å². The molecule has 0 radical (unpaired) electrons. The van der Waals surface area contributed by atoms with Gasteiger partial charge in [0.2, 0.25) is 0 Å². The number of nitrogens with zero attached hydrogens (tertiary/aromatic N) is 2. The molecule has 2 N–H and O–H groups in total. The minimum atomic E-state index is -1.15.